The van der Waals surface area contributed by atoms with Gasteiger partial charge in [-0.15, -0.1) is 0 Å². The largest absolute Gasteiger partial charge is 0.453 e. The fraction of sp³-hybridized carbons (Fsp3) is 0.143. The first kappa shape index (κ1) is 10.0. The van der Waals surface area contributed by atoms with Crippen LogP contribution in [0, 0.1) is 0 Å². The molecule has 0 bridgehead atoms. The summed E-state index contributed by atoms with van der Waals surface area (Å²) in [7, 11) is 0. The average molecular weight is 225 g/mol. The number of carbonyl (C=O) groups excluding carboxylic acids is 1. The van der Waals surface area contributed by atoms with Crippen LogP contribution in [0.25, 0.3) is 0 Å². The smallest absolute Gasteiger partial charge is 0.340 e. The Hall–Kier alpha value is -2.16. The SMILES string of the molecule is O=C1O[C@H](c2ccccc2)Cc2ncccc21. The van der Waals surface area contributed by atoms with E-state index < -0.39 is 0 Å². The lowest BCUT2D eigenvalue weighted by Gasteiger charge is -2.23. The Labute approximate surface area is 99.1 Å². The zero-order chi connectivity index (χ0) is 11.7. The number of hydrogen-bond acceptors (Lipinski definition) is 3. The standard InChI is InChI=1S/C14H11NO2/c16-14-11-7-4-8-15-12(11)9-13(17-14)10-5-2-1-3-6-10/h1-8,13H,9H2/t13-/m0/s1. The number of fused-ring (bicyclic) bond motifs is 1. The molecule has 0 saturated heterocycles. The Morgan fingerprint density at radius 1 is 1.12 bits per heavy atom. The highest BCUT2D eigenvalue weighted by Crippen LogP contribution is 2.28. The number of nitrogens with zero attached hydrogens (tertiary/aromatic N) is 1. The molecular formula is C14H11NO2. The first-order valence-corrected chi connectivity index (χ1v) is 5.54. The number of pyridine rings is 1. The molecule has 0 fully saturated rings. The van der Waals surface area contributed by atoms with Crippen LogP contribution < -0.4 is 0 Å². The fourth-order valence-corrected chi connectivity index (χ4v) is 2.05. The molecule has 3 rings (SSSR count). The average Bonchev–Trinajstić information content (AvgIpc) is 2.40. The van der Waals surface area contributed by atoms with Crippen molar-refractivity contribution in [3.63, 3.8) is 0 Å². The summed E-state index contributed by atoms with van der Waals surface area (Å²) in [5.74, 6) is -0.284. The second-order valence-corrected chi connectivity index (χ2v) is 4.01. The van der Waals surface area contributed by atoms with E-state index in [-0.39, 0.29) is 12.1 Å². The van der Waals surface area contributed by atoms with E-state index in [2.05, 4.69) is 4.98 Å². The molecule has 3 nitrogen and oxygen atoms in total. The number of hydrogen-bond donors (Lipinski definition) is 0. The van der Waals surface area contributed by atoms with Gasteiger partial charge in [-0.2, -0.15) is 0 Å². The first-order valence-electron chi connectivity index (χ1n) is 5.54. The van der Waals surface area contributed by atoms with Gasteiger partial charge in [0.1, 0.15) is 6.10 Å². The van der Waals surface area contributed by atoms with E-state index in [4.69, 9.17) is 4.74 Å². The van der Waals surface area contributed by atoms with Crippen LogP contribution in [0.4, 0.5) is 0 Å². The van der Waals surface area contributed by atoms with Crippen molar-refractivity contribution < 1.29 is 9.53 Å². The van der Waals surface area contributed by atoms with Gasteiger partial charge >= 0.3 is 5.97 Å². The predicted molar refractivity (Wildman–Crippen MR) is 62.5 cm³/mol. The highest BCUT2D eigenvalue weighted by molar-refractivity contribution is 5.91. The molecular weight excluding hydrogens is 214 g/mol. The number of carbonyl (C=O) groups is 1. The summed E-state index contributed by atoms with van der Waals surface area (Å²) < 4.78 is 5.42. The van der Waals surface area contributed by atoms with Crippen LogP contribution in [0.15, 0.2) is 48.7 Å². The third-order valence-electron chi connectivity index (χ3n) is 2.91. The molecule has 1 aromatic carbocycles. The summed E-state index contributed by atoms with van der Waals surface area (Å²) in [6, 6.07) is 13.3. The summed E-state index contributed by atoms with van der Waals surface area (Å²) in [4.78, 5) is 16.1. The summed E-state index contributed by atoms with van der Waals surface area (Å²) in [5.41, 5.74) is 2.41. The molecule has 1 aliphatic rings. The minimum atomic E-state index is -0.284. The molecule has 0 saturated carbocycles. The molecule has 0 spiro atoms. The molecule has 0 radical (unpaired) electrons. The van der Waals surface area contributed by atoms with Crippen LogP contribution in [0.3, 0.4) is 0 Å². The van der Waals surface area contributed by atoms with Gasteiger partial charge in [-0.05, 0) is 17.7 Å². The van der Waals surface area contributed by atoms with Crippen molar-refractivity contribution >= 4 is 5.97 Å². The molecule has 0 unspecified atom stereocenters. The van der Waals surface area contributed by atoms with Crippen molar-refractivity contribution in [1.29, 1.82) is 0 Å². The fourth-order valence-electron chi connectivity index (χ4n) is 2.05. The number of aromatic nitrogens is 1. The van der Waals surface area contributed by atoms with Crippen molar-refractivity contribution in [2.24, 2.45) is 0 Å². The molecule has 1 atom stereocenters. The Balaban J connectivity index is 1.97. The summed E-state index contributed by atoms with van der Waals surface area (Å²) >= 11 is 0. The Bertz CT molecular complexity index is 551. The molecule has 0 N–H and O–H groups in total. The van der Waals surface area contributed by atoms with Gasteiger partial charge in [0.15, 0.2) is 0 Å². The Morgan fingerprint density at radius 2 is 1.94 bits per heavy atom. The maximum absolute atomic E-state index is 11.8. The van der Waals surface area contributed by atoms with E-state index in [1.807, 2.05) is 30.3 Å². The summed E-state index contributed by atoms with van der Waals surface area (Å²) in [5, 5.41) is 0. The van der Waals surface area contributed by atoms with Gasteiger partial charge in [0, 0.05) is 12.6 Å². The molecule has 1 aliphatic heterocycles. The maximum atomic E-state index is 11.8. The van der Waals surface area contributed by atoms with Gasteiger partial charge in [-0.3, -0.25) is 4.98 Å². The zero-order valence-corrected chi connectivity index (χ0v) is 9.17. The molecule has 2 aromatic rings. The molecule has 3 heteroatoms. The topological polar surface area (TPSA) is 39.2 Å². The lowest BCUT2D eigenvalue weighted by atomic mass is 9.99. The molecule has 17 heavy (non-hydrogen) atoms. The quantitative estimate of drug-likeness (QED) is 0.700. The van der Waals surface area contributed by atoms with E-state index in [1.165, 1.54) is 0 Å². The van der Waals surface area contributed by atoms with Gasteiger partial charge in [0.05, 0.1) is 11.3 Å². The van der Waals surface area contributed by atoms with E-state index >= 15 is 0 Å². The zero-order valence-electron chi connectivity index (χ0n) is 9.17. The maximum Gasteiger partial charge on any atom is 0.340 e. The van der Waals surface area contributed by atoms with Crippen LogP contribution in [-0.2, 0) is 11.2 Å². The van der Waals surface area contributed by atoms with Crippen molar-refractivity contribution in [3.05, 3.63) is 65.5 Å². The number of cyclic esters (lactones) is 1. The van der Waals surface area contributed by atoms with E-state index in [0.717, 1.165) is 11.3 Å². The third-order valence-corrected chi connectivity index (χ3v) is 2.91. The highest BCUT2D eigenvalue weighted by Gasteiger charge is 2.27. The lowest BCUT2D eigenvalue weighted by molar-refractivity contribution is 0.0248. The Kier molecular flexibility index (Phi) is 2.37. The van der Waals surface area contributed by atoms with Crippen LogP contribution in [0.5, 0.6) is 0 Å². The van der Waals surface area contributed by atoms with E-state index in [0.29, 0.717) is 12.0 Å². The van der Waals surface area contributed by atoms with Crippen molar-refractivity contribution in [3.8, 4) is 0 Å². The van der Waals surface area contributed by atoms with Crippen molar-refractivity contribution in [1.82, 2.24) is 4.98 Å². The van der Waals surface area contributed by atoms with Gasteiger partial charge in [0.25, 0.3) is 0 Å². The van der Waals surface area contributed by atoms with Crippen LogP contribution in [0.2, 0.25) is 0 Å². The van der Waals surface area contributed by atoms with Gasteiger partial charge in [-0.25, -0.2) is 4.79 Å². The predicted octanol–water partition coefficient (Wildman–Crippen LogP) is 2.54. The van der Waals surface area contributed by atoms with E-state index in [9.17, 15) is 4.79 Å². The van der Waals surface area contributed by atoms with Crippen LogP contribution >= 0.6 is 0 Å². The summed E-state index contributed by atoms with van der Waals surface area (Å²) in [6.45, 7) is 0. The van der Waals surface area contributed by atoms with Gasteiger partial charge in [0.2, 0.25) is 0 Å². The highest BCUT2D eigenvalue weighted by atomic mass is 16.5. The number of ether oxygens (including phenoxy) is 1. The molecule has 84 valence electrons. The number of rotatable bonds is 1. The second-order valence-electron chi connectivity index (χ2n) is 4.01. The summed E-state index contributed by atoms with van der Waals surface area (Å²) in [6.07, 6.45) is 2.14. The number of esters is 1. The minimum Gasteiger partial charge on any atom is -0.453 e. The number of benzene rings is 1. The van der Waals surface area contributed by atoms with Crippen LogP contribution in [0.1, 0.15) is 27.7 Å². The minimum absolute atomic E-state index is 0.217. The van der Waals surface area contributed by atoms with Crippen molar-refractivity contribution in [2.45, 2.75) is 12.5 Å². The Morgan fingerprint density at radius 3 is 2.76 bits per heavy atom. The molecule has 2 heterocycles. The lowest BCUT2D eigenvalue weighted by Crippen LogP contribution is -2.22. The molecule has 0 amide bonds. The van der Waals surface area contributed by atoms with E-state index in [1.54, 1.807) is 18.3 Å². The molecule has 1 aromatic heterocycles. The first-order chi connectivity index (χ1) is 8.34. The second kappa shape index (κ2) is 4.01. The van der Waals surface area contributed by atoms with Crippen molar-refractivity contribution in [2.75, 3.05) is 0 Å². The monoisotopic (exact) mass is 225 g/mol. The third kappa shape index (κ3) is 1.80. The van der Waals surface area contributed by atoms with Crippen LogP contribution in [-0.4, -0.2) is 11.0 Å². The van der Waals surface area contributed by atoms with Gasteiger partial charge in [-0.1, -0.05) is 30.3 Å². The van der Waals surface area contributed by atoms with Gasteiger partial charge < -0.3 is 4.74 Å². The molecule has 0 aliphatic carbocycles. The normalized spacial score (nSPS) is 18.4.